The number of hydrogen-bond acceptors (Lipinski definition) is 5. The molecule has 0 fully saturated rings. The molecule has 8 heteroatoms. The Morgan fingerprint density at radius 1 is 1.19 bits per heavy atom. The van der Waals surface area contributed by atoms with E-state index in [-0.39, 0.29) is 12.5 Å². The van der Waals surface area contributed by atoms with E-state index in [1.54, 1.807) is 52.0 Å². The molecular weight excluding hydrogens is 410 g/mol. The molecule has 0 aliphatic rings. The Hall–Kier alpha value is -3.05. The van der Waals surface area contributed by atoms with Crippen molar-refractivity contribution in [1.29, 1.82) is 0 Å². The normalized spacial score (nSPS) is 12.8. The second kappa shape index (κ2) is 12.7. The molecule has 1 rings (SSSR count). The largest absolute Gasteiger partial charge is 0.444 e. The van der Waals surface area contributed by atoms with Gasteiger partial charge in [0.1, 0.15) is 17.7 Å². The molecule has 1 aromatic carbocycles. The summed E-state index contributed by atoms with van der Waals surface area (Å²) in [5.41, 5.74) is 0.452. The number of nitrogens with one attached hydrogen (secondary N) is 2. The summed E-state index contributed by atoms with van der Waals surface area (Å²) in [5, 5.41) is 15.0. The van der Waals surface area contributed by atoms with Crippen LogP contribution < -0.4 is 10.6 Å². The zero-order valence-corrected chi connectivity index (χ0v) is 19.6. The van der Waals surface area contributed by atoms with E-state index < -0.39 is 36.3 Å². The SMILES string of the molecule is C#Cc1ccc(C(C(=O)NCCCC)N(CC)C(=O)C(CO)NC(=O)OC(C)(C)C)cc1. The van der Waals surface area contributed by atoms with Gasteiger partial charge in [0, 0.05) is 18.7 Å². The highest BCUT2D eigenvalue weighted by atomic mass is 16.6. The van der Waals surface area contributed by atoms with Gasteiger partial charge in [-0.3, -0.25) is 9.59 Å². The summed E-state index contributed by atoms with van der Waals surface area (Å²) in [4.78, 5) is 39.8. The Morgan fingerprint density at radius 3 is 2.28 bits per heavy atom. The quantitative estimate of drug-likeness (QED) is 0.379. The number of amides is 3. The molecule has 0 aliphatic heterocycles. The van der Waals surface area contributed by atoms with Crippen LogP contribution in [0.2, 0.25) is 0 Å². The van der Waals surface area contributed by atoms with Gasteiger partial charge in [-0.05, 0) is 51.8 Å². The summed E-state index contributed by atoms with van der Waals surface area (Å²) in [6.07, 6.45) is 6.30. The van der Waals surface area contributed by atoms with E-state index in [1.807, 2.05) is 6.92 Å². The number of aliphatic hydroxyl groups excluding tert-OH is 1. The Kier molecular flexibility index (Phi) is 10.7. The van der Waals surface area contributed by atoms with E-state index in [9.17, 15) is 19.5 Å². The number of ether oxygens (including phenoxy) is 1. The maximum absolute atomic E-state index is 13.3. The molecule has 0 aliphatic carbocycles. The molecule has 32 heavy (non-hydrogen) atoms. The van der Waals surface area contributed by atoms with E-state index in [2.05, 4.69) is 16.6 Å². The van der Waals surface area contributed by atoms with Gasteiger partial charge in [-0.2, -0.15) is 0 Å². The Labute approximate surface area is 190 Å². The summed E-state index contributed by atoms with van der Waals surface area (Å²) in [6.45, 7) is 8.81. The molecule has 0 heterocycles. The number of terminal acetylenes is 1. The van der Waals surface area contributed by atoms with E-state index in [0.29, 0.717) is 17.7 Å². The molecule has 1 aromatic rings. The smallest absolute Gasteiger partial charge is 0.408 e. The number of hydrogen-bond donors (Lipinski definition) is 3. The van der Waals surface area contributed by atoms with Gasteiger partial charge in [0.2, 0.25) is 11.8 Å². The lowest BCUT2D eigenvalue weighted by atomic mass is 10.0. The molecule has 176 valence electrons. The number of nitrogens with zero attached hydrogens (tertiary/aromatic N) is 1. The fraction of sp³-hybridized carbons (Fsp3) is 0.542. The zero-order chi connectivity index (χ0) is 24.3. The minimum Gasteiger partial charge on any atom is -0.444 e. The third kappa shape index (κ3) is 8.23. The number of rotatable bonds is 10. The number of carbonyl (C=O) groups excluding carboxylic acids is 3. The summed E-state index contributed by atoms with van der Waals surface area (Å²) in [7, 11) is 0. The van der Waals surface area contributed by atoms with Crippen molar-refractivity contribution in [3.8, 4) is 12.3 Å². The molecule has 2 unspecified atom stereocenters. The number of unbranched alkanes of at least 4 members (excludes halogenated alkanes) is 1. The summed E-state index contributed by atoms with van der Waals surface area (Å²) >= 11 is 0. The van der Waals surface area contributed by atoms with Crippen molar-refractivity contribution in [1.82, 2.24) is 15.5 Å². The van der Waals surface area contributed by atoms with Crippen LogP contribution in [-0.4, -0.2) is 59.3 Å². The molecule has 0 spiro atoms. The predicted molar refractivity (Wildman–Crippen MR) is 123 cm³/mol. The number of alkyl carbamates (subject to hydrolysis) is 1. The second-order valence-electron chi connectivity index (χ2n) is 8.32. The van der Waals surface area contributed by atoms with Gasteiger partial charge in [-0.25, -0.2) is 4.79 Å². The maximum Gasteiger partial charge on any atom is 0.408 e. The van der Waals surface area contributed by atoms with E-state index in [1.165, 1.54) is 4.90 Å². The lowest BCUT2D eigenvalue weighted by Gasteiger charge is -2.33. The van der Waals surface area contributed by atoms with Crippen LogP contribution in [0.3, 0.4) is 0 Å². The summed E-state index contributed by atoms with van der Waals surface area (Å²) in [6, 6.07) is 4.58. The van der Waals surface area contributed by atoms with Crippen LogP contribution in [-0.2, 0) is 14.3 Å². The van der Waals surface area contributed by atoms with Gasteiger partial charge in [-0.15, -0.1) is 6.42 Å². The third-order valence-corrected chi connectivity index (χ3v) is 4.58. The van der Waals surface area contributed by atoms with E-state index in [0.717, 1.165) is 12.8 Å². The monoisotopic (exact) mass is 445 g/mol. The lowest BCUT2D eigenvalue weighted by Crippen LogP contribution is -2.54. The number of likely N-dealkylation sites (N-methyl/N-ethyl adjacent to an activating group) is 1. The van der Waals surface area contributed by atoms with Crippen molar-refractivity contribution < 1.29 is 24.2 Å². The van der Waals surface area contributed by atoms with Crippen molar-refractivity contribution in [3.05, 3.63) is 35.4 Å². The molecule has 0 aromatic heterocycles. The molecule has 0 saturated heterocycles. The molecule has 0 bridgehead atoms. The van der Waals surface area contributed by atoms with Crippen LogP contribution in [0, 0.1) is 12.3 Å². The highest BCUT2D eigenvalue weighted by Gasteiger charge is 2.35. The topological polar surface area (TPSA) is 108 Å². The summed E-state index contributed by atoms with van der Waals surface area (Å²) < 4.78 is 5.19. The molecule has 0 saturated carbocycles. The first-order chi connectivity index (χ1) is 15.1. The van der Waals surface area contributed by atoms with Gasteiger partial charge in [0.15, 0.2) is 0 Å². The number of benzene rings is 1. The fourth-order valence-corrected chi connectivity index (χ4v) is 3.02. The average molecular weight is 446 g/mol. The molecule has 8 nitrogen and oxygen atoms in total. The van der Waals surface area contributed by atoms with Crippen molar-refractivity contribution in [2.24, 2.45) is 0 Å². The van der Waals surface area contributed by atoms with Crippen LogP contribution in [0.1, 0.15) is 64.6 Å². The highest BCUT2D eigenvalue weighted by molar-refractivity contribution is 5.92. The minimum absolute atomic E-state index is 0.175. The van der Waals surface area contributed by atoms with Crippen molar-refractivity contribution in [2.45, 2.75) is 65.1 Å². The van der Waals surface area contributed by atoms with E-state index in [4.69, 9.17) is 11.2 Å². The first-order valence-electron chi connectivity index (χ1n) is 10.8. The number of aliphatic hydroxyl groups is 1. The molecular formula is C24H35N3O5. The van der Waals surface area contributed by atoms with Crippen LogP contribution in [0.25, 0.3) is 0 Å². The lowest BCUT2D eigenvalue weighted by molar-refractivity contribution is -0.143. The van der Waals surface area contributed by atoms with Gasteiger partial charge in [0.05, 0.1) is 6.61 Å². The van der Waals surface area contributed by atoms with E-state index >= 15 is 0 Å². The van der Waals surface area contributed by atoms with Gasteiger partial charge < -0.3 is 25.4 Å². The van der Waals surface area contributed by atoms with Crippen LogP contribution in [0.15, 0.2) is 24.3 Å². The van der Waals surface area contributed by atoms with Crippen molar-refractivity contribution in [3.63, 3.8) is 0 Å². The predicted octanol–water partition coefficient (Wildman–Crippen LogP) is 2.36. The van der Waals surface area contributed by atoms with Crippen LogP contribution >= 0.6 is 0 Å². The molecule has 3 N–H and O–H groups in total. The van der Waals surface area contributed by atoms with Gasteiger partial charge in [-0.1, -0.05) is 31.4 Å². The van der Waals surface area contributed by atoms with Crippen molar-refractivity contribution >= 4 is 17.9 Å². The first kappa shape index (κ1) is 27.0. The molecule has 0 radical (unpaired) electrons. The Bertz CT molecular complexity index is 808. The van der Waals surface area contributed by atoms with Crippen LogP contribution in [0.4, 0.5) is 4.79 Å². The van der Waals surface area contributed by atoms with Gasteiger partial charge >= 0.3 is 6.09 Å². The number of carbonyl (C=O) groups is 3. The maximum atomic E-state index is 13.3. The van der Waals surface area contributed by atoms with Gasteiger partial charge in [0.25, 0.3) is 0 Å². The molecule has 3 amide bonds. The Morgan fingerprint density at radius 2 is 1.81 bits per heavy atom. The molecule has 2 atom stereocenters. The fourth-order valence-electron chi connectivity index (χ4n) is 3.02. The Balaban J connectivity index is 3.21. The van der Waals surface area contributed by atoms with Crippen molar-refractivity contribution in [2.75, 3.05) is 19.7 Å². The first-order valence-corrected chi connectivity index (χ1v) is 10.8. The standard InChI is InChI=1S/C24H35N3O5/c1-7-10-15-25-21(29)20(18-13-11-17(8-2)12-14-18)27(9-3)22(30)19(16-28)26-23(31)32-24(4,5)6/h2,11-14,19-20,28H,7,9-10,15-16H2,1,3-6H3,(H,25,29)(H,26,31). The average Bonchev–Trinajstić information content (AvgIpc) is 2.74. The highest BCUT2D eigenvalue weighted by Crippen LogP contribution is 2.23. The van der Waals surface area contributed by atoms with Crippen LogP contribution in [0.5, 0.6) is 0 Å². The summed E-state index contributed by atoms with van der Waals surface area (Å²) in [5.74, 6) is 1.57. The third-order valence-electron chi connectivity index (χ3n) is 4.58. The zero-order valence-electron chi connectivity index (χ0n) is 19.6. The minimum atomic E-state index is -1.26. The second-order valence-corrected chi connectivity index (χ2v) is 8.32.